The monoisotopic (exact) mass is 271 g/mol. The van der Waals surface area contributed by atoms with Crippen LogP contribution in [0, 0.1) is 0 Å². The molecule has 102 valence electrons. The molecule has 1 aromatic rings. The number of carbonyl (C=O) groups excluding carboxylic acids is 1. The highest BCUT2D eigenvalue weighted by Crippen LogP contribution is 2.36. The number of anilines is 1. The van der Waals surface area contributed by atoms with Crippen LogP contribution in [0.15, 0.2) is 6.20 Å². The quantitative estimate of drug-likeness (QED) is 0.856. The van der Waals surface area contributed by atoms with Gasteiger partial charge in [0.05, 0.1) is 11.4 Å². The molecule has 1 rings (SSSR count). The fourth-order valence-corrected chi connectivity index (χ4v) is 1.23. The Bertz CT molecular complexity index is 452. The van der Waals surface area contributed by atoms with E-state index in [-0.39, 0.29) is 17.8 Å². The largest absolute Gasteiger partial charge is 0.463 e. The molecule has 0 aromatic carbocycles. The van der Waals surface area contributed by atoms with Crippen molar-refractivity contribution in [3.05, 3.63) is 11.9 Å². The molecule has 0 fully saturated rings. The summed E-state index contributed by atoms with van der Waals surface area (Å²) in [5, 5.41) is 5.34. The molecule has 0 saturated carbocycles. The van der Waals surface area contributed by atoms with Crippen molar-refractivity contribution in [3.63, 3.8) is 0 Å². The minimum Gasteiger partial charge on any atom is -0.318 e. The Balaban J connectivity index is 2.94. The second-order valence-electron chi connectivity index (χ2n) is 3.54. The molecule has 0 aliphatic carbocycles. The van der Waals surface area contributed by atoms with Crippen LogP contribution in [-0.2, 0) is 18.3 Å². The number of nitrogens with zero attached hydrogens (tertiary/aromatic N) is 2. The lowest BCUT2D eigenvalue weighted by Crippen LogP contribution is -2.47. The molecular weight excluding hydrogens is 261 g/mol. The number of nitrogens with one attached hydrogen (secondary N) is 1. The predicted molar refractivity (Wildman–Crippen MR) is 52.2 cm³/mol. The zero-order chi connectivity index (χ0) is 14.1. The Labute approximate surface area is 98.8 Å². The highest BCUT2D eigenvalue weighted by atomic mass is 19.4. The van der Waals surface area contributed by atoms with Gasteiger partial charge in [0.25, 0.3) is 0 Å². The minimum absolute atomic E-state index is 0.158. The number of hydrogen-bond donors (Lipinski definition) is 1. The third-order valence-corrected chi connectivity index (χ3v) is 2.13. The smallest absolute Gasteiger partial charge is 0.318 e. The normalized spacial score (nSPS) is 12.6. The summed E-state index contributed by atoms with van der Waals surface area (Å²) in [7, 11) is 1.46. The summed E-state index contributed by atoms with van der Waals surface area (Å²) in [6.07, 6.45) is -4.48. The van der Waals surface area contributed by atoms with Crippen LogP contribution in [-0.4, -0.2) is 27.8 Å². The zero-order valence-electron chi connectivity index (χ0n) is 9.48. The van der Waals surface area contributed by atoms with Crippen molar-refractivity contribution in [1.29, 1.82) is 0 Å². The molecule has 18 heavy (non-hydrogen) atoms. The van der Waals surface area contributed by atoms with Gasteiger partial charge in [0.1, 0.15) is 0 Å². The first-order valence-electron chi connectivity index (χ1n) is 4.88. The first kappa shape index (κ1) is 14.4. The number of carbonyl (C=O) groups is 1. The highest BCUT2D eigenvalue weighted by molar-refractivity contribution is 5.97. The van der Waals surface area contributed by atoms with E-state index >= 15 is 0 Å². The topological polar surface area (TPSA) is 46.9 Å². The van der Waals surface area contributed by atoms with Gasteiger partial charge in [0.2, 0.25) is 0 Å². The zero-order valence-corrected chi connectivity index (χ0v) is 9.48. The van der Waals surface area contributed by atoms with E-state index in [0.29, 0.717) is 0 Å². The molecule has 1 aromatic heterocycles. The van der Waals surface area contributed by atoms with E-state index in [2.05, 4.69) is 5.10 Å². The third kappa shape index (κ3) is 2.59. The van der Waals surface area contributed by atoms with Crippen LogP contribution in [0.5, 0.6) is 0 Å². The maximum atomic E-state index is 12.7. The van der Waals surface area contributed by atoms with E-state index in [1.54, 1.807) is 6.92 Å². The maximum absolute atomic E-state index is 12.7. The van der Waals surface area contributed by atoms with Crippen LogP contribution in [0.25, 0.3) is 0 Å². The average Bonchev–Trinajstić information content (AvgIpc) is 2.56. The van der Waals surface area contributed by atoms with Crippen LogP contribution in [0.2, 0.25) is 0 Å². The second-order valence-corrected chi connectivity index (χ2v) is 3.54. The first-order valence-corrected chi connectivity index (χ1v) is 4.88. The molecule has 0 unspecified atom stereocenters. The van der Waals surface area contributed by atoms with Gasteiger partial charge < -0.3 is 5.32 Å². The van der Waals surface area contributed by atoms with Crippen LogP contribution in [0.4, 0.5) is 27.6 Å². The van der Waals surface area contributed by atoms with E-state index < -0.39 is 18.0 Å². The second kappa shape index (κ2) is 4.54. The van der Waals surface area contributed by atoms with Gasteiger partial charge in [-0.1, -0.05) is 6.92 Å². The molecular formula is C9H10F5N3O. The number of rotatable bonds is 3. The van der Waals surface area contributed by atoms with Gasteiger partial charge in [0.15, 0.2) is 0 Å². The molecule has 0 aliphatic heterocycles. The van der Waals surface area contributed by atoms with Crippen LogP contribution < -0.4 is 5.32 Å². The molecule has 1 heterocycles. The Morgan fingerprint density at radius 1 is 1.39 bits per heavy atom. The Morgan fingerprint density at radius 3 is 2.39 bits per heavy atom. The lowest BCUT2D eigenvalue weighted by Gasteiger charge is -2.18. The summed E-state index contributed by atoms with van der Waals surface area (Å²) in [5.74, 6) is -7.86. The van der Waals surface area contributed by atoms with Gasteiger partial charge in [-0.25, -0.2) is 0 Å². The summed E-state index contributed by atoms with van der Waals surface area (Å²) in [6, 6.07) is 0. The van der Waals surface area contributed by atoms with Crippen molar-refractivity contribution >= 4 is 11.6 Å². The standard InChI is InChI=1S/C9H10F5N3O/c1-3-5-6(4-17(2)16-5)15-7(18)8(10,11)9(12,13)14/h4H,3H2,1-2H3,(H,15,18). The van der Waals surface area contributed by atoms with Crippen molar-refractivity contribution < 1.29 is 26.7 Å². The van der Waals surface area contributed by atoms with Gasteiger partial charge in [-0.05, 0) is 6.42 Å². The Morgan fingerprint density at radius 2 is 1.94 bits per heavy atom. The predicted octanol–water partition coefficient (Wildman–Crippen LogP) is 2.12. The SMILES string of the molecule is CCc1nn(C)cc1NC(=O)C(F)(F)C(F)(F)F. The molecule has 9 heteroatoms. The number of amides is 1. The number of alkyl halides is 5. The number of aromatic nitrogens is 2. The lowest BCUT2D eigenvalue weighted by molar-refractivity contribution is -0.267. The molecule has 0 bridgehead atoms. The fourth-order valence-electron chi connectivity index (χ4n) is 1.23. The van der Waals surface area contributed by atoms with E-state index in [0.717, 1.165) is 6.20 Å². The fraction of sp³-hybridized carbons (Fsp3) is 0.556. The van der Waals surface area contributed by atoms with Crippen LogP contribution in [0.3, 0.4) is 0 Å². The van der Waals surface area contributed by atoms with Crippen LogP contribution in [0.1, 0.15) is 12.6 Å². The molecule has 0 atom stereocenters. The average molecular weight is 271 g/mol. The van der Waals surface area contributed by atoms with Gasteiger partial charge >= 0.3 is 18.0 Å². The van der Waals surface area contributed by atoms with Crippen molar-refractivity contribution in [2.24, 2.45) is 7.05 Å². The maximum Gasteiger partial charge on any atom is 0.463 e. The molecule has 4 nitrogen and oxygen atoms in total. The van der Waals surface area contributed by atoms with Crippen LogP contribution >= 0.6 is 0 Å². The molecule has 0 saturated heterocycles. The van der Waals surface area contributed by atoms with Gasteiger partial charge in [-0.2, -0.15) is 27.1 Å². The van der Waals surface area contributed by atoms with Gasteiger partial charge in [0, 0.05) is 13.2 Å². The van der Waals surface area contributed by atoms with Crippen molar-refractivity contribution in [2.75, 3.05) is 5.32 Å². The summed E-state index contributed by atoms with van der Waals surface area (Å²) < 4.78 is 62.4. The molecule has 1 N–H and O–H groups in total. The van der Waals surface area contributed by atoms with E-state index in [1.807, 2.05) is 0 Å². The van der Waals surface area contributed by atoms with Gasteiger partial charge in [-0.3, -0.25) is 9.48 Å². The van der Waals surface area contributed by atoms with Crippen molar-refractivity contribution in [2.45, 2.75) is 25.4 Å². The van der Waals surface area contributed by atoms with E-state index in [1.165, 1.54) is 17.0 Å². The third-order valence-electron chi connectivity index (χ3n) is 2.13. The summed E-state index contributed by atoms with van der Waals surface area (Å²) >= 11 is 0. The summed E-state index contributed by atoms with van der Waals surface area (Å²) in [5.41, 5.74) is 0.0674. The Kier molecular flexibility index (Phi) is 3.63. The number of hydrogen-bond acceptors (Lipinski definition) is 2. The Hall–Kier alpha value is -1.67. The molecule has 0 aliphatic rings. The van der Waals surface area contributed by atoms with Crippen molar-refractivity contribution in [1.82, 2.24) is 9.78 Å². The summed E-state index contributed by atoms with van der Waals surface area (Å²) in [4.78, 5) is 10.9. The first-order chi connectivity index (χ1) is 8.09. The van der Waals surface area contributed by atoms with E-state index in [4.69, 9.17) is 0 Å². The van der Waals surface area contributed by atoms with E-state index in [9.17, 15) is 26.7 Å². The summed E-state index contributed by atoms with van der Waals surface area (Å²) in [6.45, 7) is 1.62. The number of halogens is 5. The van der Waals surface area contributed by atoms with Gasteiger partial charge in [-0.15, -0.1) is 0 Å². The number of aryl methyl sites for hydroxylation is 2. The molecule has 1 amide bonds. The van der Waals surface area contributed by atoms with Crippen molar-refractivity contribution in [3.8, 4) is 0 Å². The minimum atomic E-state index is -5.92. The molecule has 0 radical (unpaired) electrons. The lowest BCUT2D eigenvalue weighted by atomic mass is 10.2. The molecule has 0 spiro atoms. The highest BCUT2D eigenvalue weighted by Gasteiger charge is 2.63.